The van der Waals surface area contributed by atoms with Crippen LogP contribution in [0.3, 0.4) is 0 Å². The summed E-state index contributed by atoms with van der Waals surface area (Å²) in [6, 6.07) is 6.75. The molecule has 0 spiro atoms. The van der Waals surface area contributed by atoms with E-state index in [0.717, 1.165) is 18.3 Å². The quantitative estimate of drug-likeness (QED) is 0.636. The topological polar surface area (TPSA) is 9.23 Å². The Labute approximate surface area is 78.7 Å². The van der Waals surface area contributed by atoms with E-state index < -0.39 is 0 Å². The largest absolute Gasteiger partial charge is 0.493 e. The van der Waals surface area contributed by atoms with Gasteiger partial charge in [-0.2, -0.15) is 0 Å². The molecule has 1 heteroatoms. The highest BCUT2D eigenvalue weighted by Gasteiger charge is 2.24. The molecular weight excluding hydrogens is 160 g/mol. The van der Waals surface area contributed by atoms with Gasteiger partial charge in [-0.1, -0.05) is 12.1 Å². The first-order valence-corrected chi connectivity index (χ1v) is 5.19. The normalized spacial score (nSPS) is 20.6. The molecule has 0 unspecified atom stereocenters. The predicted octanol–water partition coefficient (Wildman–Crippen LogP) is 2.89. The van der Waals surface area contributed by atoms with Crippen LogP contribution < -0.4 is 4.74 Å². The number of aryl methyl sites for hydroxylation is 1. The molecule has 13 heavy (non-hydrogen) atoms. The summed E-state index contributed by atoms with van der Waals surface area (Å²) >= 11 is 0. The molecule has 0 aromatic heterocycles. The maximum atomic E-state index is 5.58. The molecule has 0 saturated heterocycles. The van der Waals surface area contributed by atoms with E-state index >= 15 is 0 Å². The van der Waals surface area contributed by atoms with E-state index in [-0.39, 0.29) is 0 Å². The number of fused-ring (bicyclic) bond motifs is 1. The van der Waals surface area contributed by atoms with Gasteiger partial charge in [0.2, 0.25) is 0 Å². The number of benzene rings is 1. The zero-order valence-corrected chi connectivity index (χ0v) is 7.75. The molecule has 0 N–H and O–H groups in total. The van der Waals surface area contributed by atoms with Crippen LogP contribution >= 0.6 is 0 Å². The van der Waals surface area contributed by atoms with Crippen LogP contribution in [0.1, 0.15) is 36.3 Å². The highest BCUT2D eigenvalue weighted by atomic mass is 16.5. The maximum Gasteiger partial charge on any atom is 0.122 e. The Kier molecular flexibility index (Phi) is 1.58. The van der Waals surface area contributed by atoms with Crippen molar-refractivity contribution in [2.75, 3.05) is 6.61 Å². The van der Waals surface area contributed by atoms with Gasteiger partial charge in [-0.3, -0.25) is 0 Å². The van der Waals surface area contributed by atoms with Crippen LogP contribution in [0.25, 0.3) is 0 Å². The van der Waals surface area contributed by atoms with Gasteiger partial charge in [0.1, 0.15) is 5.75 Å². The summed E-state index contributed by atoms with van der Waals surface area (Å²) < 4.78 is 5.58. The summed E-state index contributed by atoms with van der Waals surface area (Å²) in [6.07, 6.45) is 5.16. The lowest BCUT2D eigenvalue weighted by Gasteiger charge is -2.17. The number of ether oxygens (including phenoxy) is 1. The fourth-order valence-electron chi connectivity index (χ4n) is 2.05. The Balaban J connectivity index is 1.98. The lowest BCUT2D eigenvalue weighted by atomic mass is 10.0. The molecule has 3 rings (SSSR count). The van der Waals surface area contributed by atoms with Gasteiger partial charge >= 0.3 is 0 Å². The average Bonchev–Trinajstić information content (AvgIpc) is 3.00. The minimum absolute atomic E-state index is 0.868. The Hall–Kier alpha value is -0.980. The first kappa shape index (κ1) is 7.43. The number of rotatable bonds is 1. The molecule has 1 nitrogen and oxygen atoms in total. The van der Waals surface area contributed by atoms with Crippen LogP contribution in [-0.2, 0) is 6.42 Å². The van der Waals surface area contributed by atoms with Crippen molar-refractivity contribution in [3.8, 4) is 5.75 Å². The van der Waals surface area contributed by atoms with Crippen molar-refractivity contribution in [1.29, 1.82) is 0 Å². The first-order valence-electron chi connectivity index (χ1n) is 5.19. The number of hydrogen-bond acceptors (Lipinski definition) is 1. The molecule has 1 fully saturated rings. The predicted molar refractivity (Wildman–Crippen MR) is 52.2 cm³/mol. The highest BCUT2D eigenvalue weighted by molar-refractivity contribution is 5.40. The lowest BCUT2D eigenvalue weighted by Crippen LogP contribution is -2.08. The molecule has 1 aliphatic heterocycles. The van der Waals surface area contributed by atoms with Crippen molar-refractivity contribution in [3.05, 3.63) is 29.3 Å². The fraction of sp³-hybridized carbons (Fsp3) is 0.500. The minimum atomic E-state index is 0.868. The van der Waals surface area contributed by atoms with Crippen molar-refractivity contribution in [3.63, 3.8) is 0 Å². The molecule has 0 radical (unpaired) electrons. The van der Waals surface area contributed by atoms with Crippen molar-refractivity contribution >= 4 is 0 Å². The zero-order valence-electron chi connectivity index (χ0n) is 7.75. The van der Waals surface area contributed by atoms with E-state index in [9.17, 15) is 0 Å². The van der Waals surface area contributed by atoms with E-state index in [2.05, 4.69) is 18.2 Å². The van der Waals surface area contributed by atoms with Crippen LogP contribution in [-0.4, -0.2) is 6.61 Å². The lowest BCUT2D eigenvalue weighted by molar-refractivity contribution is 0.288. The Morgan fingerprint density at radius 1 is 1.23 bits per heavy atom. The standard InChI is InChI=1S/C12H14O/c1-2-11-8-10(9-3-4-9)5-6-12(11)13-7-1/h5-6,8-9H,1-4,7H2. The molecule has 1 aromatic carbocycles. The summed E-state index contributed by atoms with van der Waals surface area (Å²) in [6.45, 7) is 0.899. The van der Waals surface area contributed by atoms with Crippen LogP contribution in [0.5, 0.6) is 5.75 Å². The van der Waals surface area contributed by atoms with E-state index in [1.165, 1.54) is 36.8 Å². The van der Waals surface area contributed by atoms with Crippen LogP contribution in [0.2, 0.25) is 0 Å². The van der Waals surface area contributed by atoms with E-state index in [1.807, 2.05) is 0 Å². The Bertz CT molecular complexity index is 326. The van der Waals surface area contributed by atoms with Crippen LogP contribution in [0.4, 0.5) is 0 Å². The van der Waals surface area contributed by atoms with Gasteiger partial charge in [-0.25, -0.2) is 0 Å². The number of hydrogen-bond donors (Lipinski definition) is 0. The summed E-state index contributed by atoms with van der Waals surface area (Å²) in [5.74, 6) is 1.99. The summed E-state index contributed by atoms with van der Waals surface area (Å²) in [5.41, 5.74) is 2.96. The third-order valence-corrected chi connectivity index (χ3v) is 2.98. The summed E-state index contributed by atoms with van der Waals surface area (Å²) in [5, 5.41) is 0. The van der Waals surface area contributed by atoms with Gasteiger partial charge in [0.25, 0.3) is 0 Å². The van der Waals surface area contributed by atoms with E-state index in [4.69, 9.17) is 4.74 Å². The van der Waals surface area contributed by atoms with Crippen molar-refractivity contribution < 1.29 is 4.74 Å². The van der Waals surface area contributed by atoms with Gasteiger partial charge in [0.15, 0.2) is 0 Å². The molecule has 0 bridgehead atoms. The Morgan fingerprint density at radius 3 is 3.00 bits per heavy atom. The molecule has 0 atom stereocenters. The molecule has 68 valence electrons. The molecule has 0 amide bonds. The van der Waals surface area contributed by atoms with Crippen LogP contribution in [0, 0.1) is 0 Å². The third kappa shape index (κ3) is 1.32. The highest BCUT2D eigenvalue weighted by Crippen LogP contribution is 2.41. The van der Waals surface area contributed by atoms with Crippen LogP contribution in [0.15, 0.2) is 18.2 Å². The summed E-state index contributed by atoms with van der Waals surface area (Å²) in [7, 11) is 0. The van der Waals surface area contributed by atoms with Crippen molar-refractivity contribution in [1.82, 2.24) is 0 Å². The third-order valence-electron chi connectivity index (χ3n) is 2.98. The second kappa shape index (κ2) is 2.76. The second-order valence-electron chi connectivity index (χ2n) is 4.09. The van der Waals surface area contributed by atoms with Gasteiger partial charge in [0.05, 0.1) is 6.61 Å². The molecule has 1 aliphatic carbocycles. The summed E-state index contributed by atoms with van der Waals surface area (Å²) in [4.78, 5) is 0. The van der Waals surface area contributed by atoms with Gasteiger partial charge in [-0.05, 0) is 48.8 Å². The molecular formula is C12H14O. The second-order valence-corrected chi connectivity index (χ2v) is 4.09. The fourth-order valence-corrected chi connectivity index (χ4v) is 2.05. The zero-order chi connectivity index (χ0) is 8.67. The average molecular weight is 174 g/mol. The SMILES string of the molecule is c1cc2c(cc1C1CC1)CCCO2. The van der Waals surface area contributed by atoms with Gasteiger partial charge in [-0.15, -0.1) is 0 Å². The van der Waals surface area contributed by atoms with E-state index in [1.54, 1.807) is 0 Å². The molecule has 2 aliphatic rings. The molecule has 1 heterocycles. The minimum Gasteiger partial charge on any atom is -0.493 e. The monoisotopic (exact) mass is 174 g/mol. The van der Waals surface area contributed by atoms with Gasteiger partial charge < -0.3 is 4.74 Å². The van der Waals surface area contributed by atoms with E-state index in [0.29, 0.717) is 0 Å². The van der Waals surface area contributed by atoms with Crippen molar-refractivity contribution in [2.45, 2.75) is 31.6 Å². The smallest absolute Gasteiger partial charge is 0.122 e. The first-order chi connectivity index (χ1) is 6.43. The van der Waals surface area contributed by atoms with Crippen molar-refractivity contribution in [2.24, 2.45) is 0 Å². The molecule has 1 saturated carbocycles. The Morgan fingerprint density at radius 2 is 2.15 bits per heavy atom. The molecule has 1 aromatic rings. The maximum absolute atomic E-state index is 5.58. The van der Waals surface area contributed by atoms with Gasteiger partial charge in [0, 0.05) is 0 Å².